The molecule has 0 saturated carbocycles. The van der Waals surface area contributed by atoms with E-state index in [2.05, 4.69) is 73.0 Å². The van der Waals surface area contributed by atoms with Gasteiger partial charge in [-0.15, -0.1) is 0 Å². The smallest absolute Gasteiger partial charge is 0.274 e. The Bertz CT molecular complexity index is 1520. The number of benzene rings is 1. The molecule has 2 aliphatic heterocycles. The van der Waals surface area contributed by atoms with Gasteiger partial charge in [-0.25, -0.2) is 4.98 Å². The highest BCUT2D eigenvalue weighted by Gasteiger charge is 2.33. The van der Waals surface area contributed by atoms with Crippen LogP contribution in [0.3, 0.4) is 0 Å². The van der Waals surface area contributed by atoms with E-state index >= 15 is 0 Å². The van der Waals surface area contributed by atoms with E-state index in [-0.39, 0.29) is 5.56 Å². The maximum atomic E-state index is 12.4. The zero-order chi connectivity index (χ0) is 28.4. The summed E-state index contributed by atoms with van der Waals surface area (Å²) in [5.41, 5.74) is 3.33. The maximum absolute atomic E-state index is 12.4. The van der Waals surface area contributed by atoms with Gasteiger partial charge < -0.3 is 19.7 Å². The summed E-state index contributed by atoms with van der Waals surface area (Å²) in [4.78, 5) is 24.4. The van der Waals surface area contributed by atoms with Crippen molar-refractivity contribution < 1.29 is 0 Å². The van der Waals surface area contributed by atoms with Crippen LogP contribution < -0.4 is 20.7 Å². The van der Waals surface area contributed by atoms with Crippen molar-refractivity contribution in [2.45, 2.75) is 44.8 Å². The number of piperidine rings is 1. The minimum absolute atomic E-state index is 0.109. The number of piperazine rings is 1. The van der Waals surface area contributed by atoms with Gasteiger partial charge in [-0.05, 0) is 79.0 Å². The van der Waals surface area contributed by atoms with Crippen LogP contribution in [-0.4, -0.2) is 58.8 Å². The van der Waals surface area contributed by atoms with Gasteiger partial charge in [0.15, 0.2) is 0 Å². The Balaban J connectivity index is 1.19. The molecule has 3 aromatic rings. The number of pyridine rings is 2. The standard InChI is InChI=1S/C30H33BrN8O/c1-20-12-25(8-9-38(20)26-5-4-22(15-32)23(13-26)16-33)37-10-11-39(21(2)18-37)27-6-7-29(34-17-27)35-28-14-24(31)19-36(3)30(28)40/h4-7,13-14,17,19-21,25H,8-12,18H2,1-3H3,(H,34,35)/t20-,21?,25?/m0/s1. The molecule has 40 heavy (non-hydrogen) atoms. The summed E-state index contributed by atoms with van der Waals surface area (Å²) in [6.07, 6.45) is 5.74. The van der Waals surface area contributed by atoms with Gasteiger partial charge in [-0.1, -0.05) is 0 Å². The molecule has 0 radical (unpaired) electrons. The fourth-order valence-corrected chi connectivity index (χ4v) is 6.53. The van der Waals surface area contributed by atoms with Crippen molar-refractivity contribution in [2.24, 2.45) is 7.05 Å². The number of rotatable bonds is 5. The Kier molecular flexibility index (Phi) is 8.11. The molecule has 1 N–H and O–H groups in total. The van der Waals surface area contributed by atoms with E-state index in [9.17, 15) is 15.3 Å². The first-order chi connectivity index (χ1) is 19.3. The molecule has 2 aromatic heterocycles. The van der Waals surface area contributed by atoms with Gasteiger partial charge in [-0.3, -0.25) is 9.69 Å². The largest absolute Gasteiger partial charge is 0.369 e. The second-order valence-corrected chi connectivity index (χ2v) is 11.6. The molecule has 2 aliphatic rings. The highest BCUT2D eigenvalue weighted by atomic mass is 79.9. The molecule has 2 fully saturated rings. The minimum atomic E-state index is -0.109. The lowest BCUT2D eigenvalue weighted by molar-refractivity contribution is 0.132. The van der Waals surface area contributed by atoms with Crippen molar-refractivity contribution in [1.29, 1.82) is 10.5 Å². The van der Waals surface area contributed by atoms with E-state index in [0.717, 1.165) is 54.9 Å². The second kappa shape index (κ2) is 11.7. The summed E-state index contributed by atoms with van der Waals surface area (Å²) in [6, 6.07) is 16.8. The van der Waals surface area contributed by atoms with Crippen molar-refractivity contribution in [1.82, 2.24) is 14.5 Å². The van der Waals surface area contributed by atoms with Crippen molar-refractivity contribution in [3.8, 4) is 12.1 Å². The van der Waals surface area contributed by atoms with Crippen LogP contribution in [0.15, 0.2) is 58.1 Å². The second-order valence-electron chi connectivity index (χ2n) is 10.7. The molecular weight excluding hydrogens is 568 g/mol. The molecular formula is C30H33BrN8O. The summed E-state index contributed by atoms with van der Waals surface area (Å²) >= 11 is 3.44. The number of hydrogen-bond donors (Lipinski definition) is 1. The van der Waals surface area contributed by atoms with Crippen LogP contribution in [0.25, 0.3) is 0 Å². The van der Waals surface area contributed by atoms with Crippen LogP contribution >= 0.6 is 15.9 Å². The number of halogens is 1. The van der Waals surface area contributed by atoms with Gasteiger partial charge in [0.2, 0.25) is 0 Å². The number of nitriles is 2. The summed E-state index contributed by atoms with van der Waals surface area (Å²) in [5.74, 6) is 0.634. The SMILES string of the molecule is CC1CN(C2CCN(c3ccc(C#N)c(C#N)c3)[C@@H](C)C2)CCN1c1ccc(Nc2cc(Br)cn(C)c2=O)nc1. The van der Waals surface area contributed by atoms with Crippen LogP contribution in [0.5, 0.6) is 0 Å². The van der Waals surface area contributed by atoms with E-state index in [4.69, 9.17) is 0 Å². The van der Waals surface area contributed by atoms with E-state index < -0.39 is 0 Å². The number of hydrogen-bond acceptors (Lipinski definition) is 8. The molecule has 2 unspecified atom stereocenters. The zero-order valence-electron chi connectivity index (χ0n) is 23.0. The van der Waals surface area contributed by atoms with Gasteiger partial charge in [0.1, 0.15) is 23.6 Å². The Morgan fingerprint density at radius 3 is 2.40 bits per heavy atom. The molecule has 1 aromatic carbocycles. The highest BCUT2D eigenvalue weighted by Crippen LogP contribution is 2.31. The Labute approximate surface area is 243 Å². The van der Waals surface area contributed by atoms with Crippen LogP contribution in [0.2, 0.25) is 0 Å². The topological polar surface area (TPSA) is 104 Å². The lowest BCUT2D eigenvalue weighted by Gasteiger charge is -2.48. The first-order valence-electron chi connectivity index (χ1n) is 13.6. The van der Waals surface area contributed by atoms with Crippen molar-refractivity contribution in [3.63, 3.8) is 0 Å². The van der Waals surface area contributed by atoms with Gasteiger partial charge in [0.25, 0.3) is 5.56 Å². The predicted molar refractivity (Wildman–Crippen MR) is 161 cm³/mol. The third-order valence-electron chi connectivity index (χ3n) is 8.09. The minimum Gasteiger partial charge on any atom is -0.369 e. The van der Waals surface area contributed by atoms with Crippen LogP contribution in [0.1, 0.15) is 37.8 Å². The first-order valence-corrected chi connectivity index (χ1v) is 14.4. The molecule has 0 aliphatic carbocycles. The summed E-state index contributed by atoms with van der Waals surface area (Å²) in [7, 11) is 1.72. The van der Waals surface area contributed by atoms with Gasteiger partial charge in [0, 0.05) is 67.7 Å². The van der Waals surface area contributed by atoms with Crippen molar-refractivity contribution >= 4 is 38.8 Å². The normalized spacial score (nSPS) is 21.5. The Hall–Kier alpha value is -3.86. The number of anilines is 4. The molecule has 0 amide bonds. The highest BCUT2D eigenvalue weighted by molar-refractivity contribution is 9.10. The van der Waals surface area contributed by atoms with Crippen LogP contribution in [0.4, 0.5) is 22.9 Å². The van der Waals surface area contributed by atoms with Crippen LogP contribution in [-0.2, 0) is 7.05 Å². The van der Waals surface area contributed by atoms with E-state index in [1.807, 2.05) is 24.4 Å². The van der Waals surface area contributed by atoms with E-state index in [1.54, 1.807) is 25.4 Å². The van der Waals surface area contributed by atoms with Gasteiger partial charge >= 0.3 is 0 Å². The van der Waals surface area contributed by atoms with Gasteiger partial charge in [-0.2, -0.15) is 10.5 Å². The lowest BCUT2D eigenvalue weighted by atomic mass is 9.94. The fourth-order valence-electron chi connectivity index (χ4n) is 5.99. The average Bonchev–Trinajstić information content (AvgIpc) is 2.95. The first kappa shape index (κ1) is 27.7. The quantitative estimate of drug-likeness (QED) is 0.453. The van der Waals surface area contributed by atoms with Crippen molar-refractivity contribution in [2.75, 3.05) is 41.3 Å². The Morgan fingerprint density at radius 1 is 0.975 bits per heavy atom. The summed E-state index contributed by atoms with van der Waals surface area (Å²) in [5, 5.41) is 21.8. The number of nitrogens with one attached hydrogen (secondary N) is 1. The third-order valence-corrected chi connectivity index (χ3v) is 8.53. The predicted octanol–water partition coefficient (Wildman–Crippen LogP) is 4.60. The molecule has 4 heterocycles. The molecule has 2 saturated heterocycles. The van der Waals surface area contributed by atoms with E-state index in [1.165, 1.54) is 4.57 Å². The molecule has 0 bridgehead atoms. The monoisotopic (exact) mass is 600 g/mol. The molecule has 3 atom stereocenters. The fraction of sp³-hybridized carbons (Fsp3) is 0.400. The molecule has 5 rings (SSSR count). The zero-order valence-corrected chi connectivity index (χ0v) is 24.6. The summed E-state index contributed by atoms with van der Waals surface area (Å²) < 4.78 is 2.35. The molecule has 10 heteroatoms. The van der Waals surface area contributed by atoms with Crippen LogP contribution in [0, 0.1) is 22.7 Å². The number of nitrogens with zero attached hydrogens (tertiary/aromatic N) is 7. The average molecular weight is 602 g/mol. The molecule has 0 spiro atoms. The van der Waals surface area contributed by atoms with E-state index in [0.29, 0.717) is 40.8 Å². The number of aryl methyl sites for hydroxylation is 1. The van der Waals surface area contributed by atoms with Gasteiger partial charge in [0.05, 0.1) is 23.0 Å². The molecule has 9 nitrogen and oxygen atoms in total. The summed E-state index contributed by atoms with van der Waals surface area (Å²) in [6.45, 7) is 8.35. The third kappa shape index (κ3) is 5.70. The number of aromatic nitrogens is 2. The molecule has 206 valence electrons. The maximum Gasteiger partial charge on any atom is 0.274 e. The lowest BCUT2D eigenvalue weighted by Crippen LogP contribution is -2.58. The van der Waals surface area contributed by atoms with Crippen molar-refractivity contribution in [3.05, 3.63) is 74.7 Å². The Morgan fingerprint density at radius 2 is 1.73 bits per heavy atom.